The van der Waals surface area contributed by atoms with E-state index in [0.29, 0.717) is 18.0 Å². The van der Waals surface area contributed by atoms with Crippen molar-refractivity contribution < 1.29 is 14.9 Å². The molecule has 0 aliphatic rings. The zero-order chi connectivity index (χ0) is 8.97. The maximum absolute atomic E-state index is 9.24. The molecule has 12 heavy (non-hydrogen) atoms. The number of aliphatic hydroxyl groups excluding tert-OH is 2. The summed E-state index contributed by atoms with van der Waals surface area (Å²) in [5.41, 5.74) is 0.949. The minimum atomic E-state index is -1.01. The summed E-state index contributed by atoms with van der Waals surface area (Å²) in [5.74, 6) is 0. The number of rotatable bonds is 4. The summed E-state index contributed by atoms with van der Waals surface area (Å²) in [6, 6.07) is 1.56. The highest BCUT2D eigenvalue weighted by Gasteiger charge is 2.10. The van der Waals surface area contributed by atoms with E-state index < -0.39 is 6.29 Å². The van der Waals surface area contributed by atoms with Crippen LogP contribution in [0.2, 0.25) is 0 Å². The van der Waals surface area contributed by atoms with Gasteiger partial charge in [-0.05, 0) is 13.0 Å². The van der Waals surface area contributed by atoms with Gasteiger partial charge in [0.05, 0.1) is 12.3 Å². The van der Waals surface area contributed by atoms with Crippen molar-refractivity contribution in [2.24, 2.45) is 0 Å². The Hall–Kier alpha value is -0.910. The van der Waals surface area contributed by atoms with E-state index in [0.717, 1.165) is 0 Å². The lowest BCUT2D eigenvalue weighted by molar-refractivity contribution is -0.101. The van der Waals surface area contributed by atoms with Gasteiger partial charge >= 0.3 is 0 Å². The molecule has 0 radical (unpaired) electrons. The average Bonchev–Trinajstić information content (AvgIpc) is 2.52. The van der Waals surface area contributed by atoms with Crippen LogP contribution in [0.5, 0.6) is 0 Å². The largest absolute Gasteiger partial charge is 0.390 e. The van der Waals surface area contributed by atoms with Gasteiger partial charge in [-0.3, -0.25) is 5.10 Å². The predicted octanol–water partition coefficient (Wildman–Crippen LogP) is -0.0706. The lowest BCUT2D eigenvalue weighted by Gasteiger charge is -2.05. The summed E-state index contributed by atoms with van der Waals surface area (Å²) >= 11 is 0. The Labute approximate surface area is 70.0 Å². The Balaban J connectivity index is 2.61. The molecule has 0 aliphatic carbocycles. The fourth-order valence-electron chi connectivity index (χ4n) is 0.830. The first-order valence-electron chi connectivity index (χ1n) is 3.72. The van der Waals surface area contributed by atoms with Crippen molar-refractivity contribution in [1.82, 2.24) is 10.2 Å². The van der Waals surface area contributed by atoms with E-state index in [9.17, 15) is 5.11 Å². The Morgan fingerprint density at radius 3 is 3.00 bits per heavy atom. The first-order valence-corrected chi connectivity index (χ1v) is 3.72. The topological polar surface area (TPSA) is 78.4 Å². The molecule has 1 aromatic heterocycles. The second kappa shape index (κ2) is 4.20. The van der Waals surface area contributed by atoms with E-state index in [4.69, 9.17) is 9.84 Å². The monoisotopic (exact) mass is 172 g/mol. The second-order valence-corrected chi connectivity index (χ2v) is 2.28. The fourth-order valence-corrected chi connectivity index (χ4v) is 0.830. The lowest BCUT2D eigenvalue weighted by Crippen LogP contribution is -2.02. The third-order valence-electron chi connectivity index (χ3n) is 1.40. The molecule has 0 spiro atoms. The van der Waals surface area contributed by atoms with Crippen LogP contribution in [-0.2, 0) is 11.3 Å². The molecule has 0 aliphatic heterocycles. The van der Waals surface area contributed by atoms with E-state index in [1.807, 2.05) is 0 Å². The van der Waals surface area contributed by atoms with Crippen LogP contribution in [0.25, 0.3) is 0 Å². The van der Waals surface area contributed by atoms with E-state index >= 15 is 0 Å². The van der Waals surface area contributed by atoms with Gasteiger partial charge in [-0.1, -0.05) is 0 Å². The first kappa shape index (κ1) is 9.18. The highest BCUT2D eigenvalue weighted by atomic mass is 16.6. The van der Waals surface area contributed by atoms with Crippen molar-refractivity contribution >= 4 is 0 Å². The molecule has 0 amide bonds. The van der Waals surface area contributed by atoms with Gasteiger partial charge in [0.2, 0.25) is 0 Å². The van der Waals surface area contributed by atoms with Crippen LogP contribution in [0.15, 0.2) is 6.07 Å². The minimum absolute atomic E-state index is 0.119. The van der Waals surface area contributed by atoms with Crippen molar-refractivity contribution in [1.29, 1.82) is 0 Å². The van der Waals surface area contributed by atoms with Gasteiger partial charge in [0, 0.05) is 6.61 Å². The Morgan fingerprint density at radius 1 is 1.75 bits per heavy atom. The van der Waals surface area contributed by atoms with Crippen LogP contribution in [0.1, 0.15) is 24.6 Å². The number of hydrogen-bond acceptors (Lipinski definition) is 4. The molecule has 0 aromatic carbocycles. The number of hydrogen-bond donors (Lipinski definition) is 3. The highest BCUT2D eigenvalue weighted by molar-refractivity contribution is 5.08. The molecule has 0 saturated carbocycles. The molecule has 0 bridgehead atoms. The maximum Gasteiger partial charge on any atom is 0.200 e. The van der Waals surface area contributed by atoms with Gasteiger partial charge in [0.1, 0.15) is 5.69 Å². The first-order chi connectivity index (χ1) is 5.77. The second-order valence-electron chi connectivity index (χ2n) is 2.28. The summed E-state index contributed by atoms with van der Waals surface area (Å²) < 4.78 is 4.88. The van der Waals surface area contributed by atoms with Crippen molar-refractivity contribution in [3.05, 3.63) is 17.5 Å². The van der Waals surface area contributed by atoms with Gasteiger partial charge in [0.15, 0.2) is 6.29 Å². The van der Waals surface area contributed by atoms with Crippen LogP contribution in [-0.4, -0.2) is 27.0 Å². The molecule has 5 nitrogen and oxygen atoms in total. The maximum atomic E-state index is 9.24. The molecular formula is C7H12N2O3. The third-order valence-corrected chi connectivity index (χ3v) is 1.40. The molecule has 68 valence electrons. The molecule has 3 N–H and O–H groups in total. The van der Waals surface area contributed by atoms with E-state index in [2.05, 4.69) is 10.2 Å². The lowest BCUT2D eigenvalue weighted by atomic mass is 10.3. The van der Waals surface area contributed by atoms with Crippen molar-refractivity contribution in [3.8, 4) is 0 Å². The molecule has 0 fully saturated rings. The van der Waals surface area contributed by atoms with Gasteiger partial charge < -0.3 is 14.9 Å². The molecule has 1 atom stereocenters. The normalized spacial score (nSPS) is 13.2. The number of ether oxygens (including phenoxy) is 1. The average molecular weight is 172 g/mol. The SMILES string of the molecule is CCOC(O)c1cc(CO)[nH]n1. The Kier molecular flexibility index (Phi) is 3.21. The molecule has 5 heteroatoms. The number of nitrogens with one attached hydrogen (secondary N) is 1. The molecule has 1 unspecified atom stereocenters. The van der Waals surface area contributed by atoms with Crippen LogP contribution >= 0.6 is 0 Å². The quantitative estimate of drug-likeness (QED) is 0.555. The van der Waals surface area contributed by atoms with E-state index in [1.54, 1.807) is 13.0 Å². The minimum Gasteiger partial charge on any atom is -0.390 e. The number of H-pyrrole nitrogens is 1. The van der Waals surface area contributed by atoms with Crippen LogP contribution in [0, 0.1) is 0 Å². The van der Waals surface area contributed by atoms with Crippen molar-refractivity contribution in [3.63, 3.8) is 0 Å². The third kappa shape index (κ3) is 2.04. The predicted molar refractivity (Wildman–Crippen MR) is 41.1 cm³/mol. The summed E-state index contributed by atoms with van der Waals surface area (Å²) in [5, 5.41) is 24.2. The smallest absolute Gasteiger partial charge is 0.200 e. The zero-order valence-electron chi connectivity index (χ0n) is 6.82. The molecule has 0 saturated heterocycles. The summed E-state index contributed by atoms with van der Waals surface area (Å²) in [7, 11) is 0. The molecule has 1 rings (SSSR count). The van der Waals surface area contributed by atoms with Crippen molar-refractivity contribution in [2.75, 3.05) is 6.61 Å². The Morgan fingerprint density at radius 2 is 2.50 bits per heavy atom. The van der Waals surface area contributed by atoms with Crippen LogP contribution in [0.3, 0.4) is 0 Å². The van der Waals surface area contributed by atoms with E-state index in [1.165, 1.54) is 0 Å². The molecule has 1 aromatic rings. The number of aromatic amines is 1. The van der Waals surface area contributed by atoms with Gasteiger partial charge in [-0.2, -0.15) is 5.10 Å². The van der Waals surface area contributed by atoms with Crippen molar-refractivity contribution in [2.45, 2.75) is 19.8 Å². The summed E-state index contributed by atoms with van der Waals surface area (Å²) in [6.45, 7) is 2.08. The number of aromatic nitrogens is 2. The number of nitrogens with zero attached hydrogens (tertiary/aromatic N) is 1. The van der Waals surface area contributed by atoms with Gasteiger partial charge in [-0.25, -0.2) is 0 Å². The summed E-state index contributed by atoms with van der Waals surface area (Å²) in [4.78, 5) is 0. The standard InChI is InChI=1S/C7H12N2O3/c1-2-12-7(11)6-3-5(4-10)8-9-6/h3,7,10-11H,2,4H2,1H3,(H,8,9). The van der Waals surface area contributed by atoms with Crippen LogP contribution in [0.4, 0.5) is 0 Å². The number of aliphatic hydroxyl groups is 2. The zero-order valence-corrected chi connectivity index (χ0v) is 6.82. The molecular weight excluding hydrogens is 160 g/mol. The Bertz CT molecular complexity index is 236. The van der Waals surface area contributed by atoms with E-state index in [-0.39, 0.29) is 6.61 Å². The van der Waals surface area contributed by atoms with Gasteiger partial charge in [-0.15, -0.1) is 0 Å². The van der Waals surface area contributed by atoms with Gasteiger partial charge in [0.25, 0.3) is 0 Å². The summed E-state index contributed by atoms with van der Waals surface area (Å²) in [6.07, 6.45) is -1.01. The highest BCUT2D eigenvalue weighted by Crippen LogP contribution is 2.11. The molecule has 1 heterocycles. The van der Waals surface area contributed by atoms with Crippen LogP contribution < -0.4 is 0 Å². The fraction of sp³-hybridized carbons (Fsp3) is 0.571.